The molecule has 0 aliphatic rings. The molecule has 4 heterocycles. The SMILES string of the molecule is [C-]#[N+]c1ccccc1-c1cc(-c2ccc(-c3cc([N+]#[C-])c(-c4ccc(-n5c6ccc(-n7c8ccccc8c8ccccc87)cc6c6cc(-n7c8ccccc8c8ccccc87)ccc65)cc4)c([N+]#[C-])c3)cc2)nc(-c2ccccc2[N+]#[C-])n1. The second-order valence-corrected chi connectivity index (χ2v) is 20.4. The van der Waals surface area contributed by atoms with Crippen molar-refractivity contribution in [2.24, 2.45) is 0 Å². The molecule has 0 radical (unpaired) electrons. The van der Waals surface area contributed by atoms with E-state index in [1.807, 2.05) is 91.0 Å². The van der Waals surface area contributed by atoms with Gasteiger partial charge in [-0.2, -0.15) is 0 Å². The van der Waals surface area contributed by atoms with Crippen LogP contribution in [0.3, 0.4) is 0 Å². The summed E-state index contributed by atoms with van der Waals surface area (Å²) in [5, 5.41) is 7.04. The Balaban J connectivity index is 0.824. The first kappa shape index (κ1) is 48.0. The molecule has 0 saturated heterocycles. The summed E-state index contributed by atoms with van der Waals surface area (Å²) < 4.78 is 7.06. The minimum absolute atomic E-state index is 0.374. The highest BCUT2D eigenvalue weighted by Crippen LogP contribution is 2.45. The fraction of sp³-hybridized carbons (Fsp3) is 0. The number of fused-ring (bicyclic) bond motifs is 9. The second-order valence-electron chi connectivity index (χ2n) is 20.4. The molecule has 0 bridgehead atoms. The molecule has 15 rings (SSSR count). The Hall–Kier alpha value is -12.1. The van der Waals surface area contributed by atoms with E-state index in [-0.39, 0.29) is 0 Å². The smallest absolute Gasteiger partial charge is 0.198 e. The fourth-order valence-corrected chi connectivity index (χ4v) is 12.2. The van der Waals surface area contributed by atoms with Crippen LogP contribution in [0.15, 0.2) is 249 Å². The van der Waals surface area contributed by atoms with Gasteiger partial charge >= 0.3 is 0 Å². The van der Waals surface area contributed by atoms with Crippen LogP contribution in [0.2, 0.25) is 0 Å². The molecule has 0 aliphatic carbocycles. The molecular formula is C74H41N9. The van der Waals surface area contributed by atoms with Crippen LogP contribution in [0.5, 0.6) is 0 Å². The van der Waals surface area contributed by atoms with Gasteiger partial charge < -0.3 is 13.7 Å². The van der Waals surface area contributed by atoms with Crippen LogP contribution < -0.4 is 0 Å². The lowest BCUT2D eigenvalue weighted by molar-refractivity contribution is 1.16. The molecule has 0 spiro atoms. The minimum atomic E-state index is 0.374. The lowest BCUT2D eigenvalue weighted by Crippen LogP contribution is -1.96. The van der Waals surface area contributed by atoms with Gasteiger partial charge in [0, 0.05) is 66.1 Å². The Bertz CT molecular complexity index is 4990. The molecule has 0 aliphatic heterocycles. The summed E-state index contributed by atoms with van der Waals surface area (Å²) >= 11 is 0. The molecule has 0 amide bonds. The standard InChI is InChI=1S/C74H41N9/c1-75-61-23-11-5-21-57(61)64-45-63(79-74(80-64)58-22-6-12-24-62(58)76-2)47-31-29-46(30-32-47)49-41-65(77-3)73(66(42-49)78-4)48-33-35-50(36-34-48)81-71-39-37-51(82-67-25-13-7-17-53(67)54-18-8-14-26-68(54)82)43-59(71)60-44-52(38-40-72(60)81)83-69-27-15-9-19-55(69)56-20-10-16-28-70(56)83/h5-45H. The molecule has 83 heavy (non-hydrogen) atoms. The van der Waals surface area contributed by atoms with E-state index in [2.05, 4.69) is 179 Å². The maximum atomic E-state index is 8.47. The average molecular weight is 1060 g/mol. The Kier molecular flexibility index (Phi) is 11.2. The van der Waals surface area contributed by atoms with Crippen molar-refractivity contribution in [2.45, 2.75) is 0 Å². The first-order valence-corrected chi connectivity index (χ1v) is 27.0. The minimum Gasteiger partial charge on any atom is -0.309 e. The normalized spacial score (nSPS) is 11.3. The zero-order chi connectivity index (χ0) is 55.7. The number of aromatic nitrogens is 5. The van der Waals surface area contributed by atoms with Gasteiger partial charge in [-0.3, -0.25) is 0 Å². The van der Waals surface area contributed by atoms with Gasteiger partial charge in [-0.15, -0.1) is 0 Å². The number of rotatable bonds is 8. The second kappa shape index (κ2) is 19.3. The van der Waals surface area contributed by atoms with E-state index < -0.39 is 0 Å². The van der Waals surface area contributed by atoms with Crippen molar-refractivity contribution in [2.75, 3.05) is 0 Å². The van der Waals surface area contributed by atoms with Gasteiger partial charge in [0.2, 0.25) is 0 Å². The zero-order valence-electron chi connectivity index (χ0n) is 44.2. The van der Waals surface area contributed by atoms with Crippen molar-refractivity contribution in [1.82, 2.24) is 23.7 Å². The van der Waals surface area contributed by atoms with Crippen LogP contribution in [-0.2, 0) is 0 Å². The van der Waals surface area contributed by atoms with Crippen LogP contribution >= 0.6 is 0 Å². The Morgan fingerprint density at radius 3 is 1.13 bits per heavy atom. The van der Waals surface area contributed by atoms with E-state index in [1.165, 1.54) is 21.5 Å². The molecule has 9 nitrogen and oxygen atoms in total. The number of nitrogens with zero attached hydrogens (tertiary/aromatic N) is 9. The van der Waals surface area contributed by atoms with Gasteiger partial charge in [-0.25, -0.2) is 29.3 Å². The van der Waals surface area contributed by atoms with Gasteiger partial charge in [-0.1, -0.05) is 170 Å². The quantitative estimate of drug-likeness (QED) is 0.142. The molecule has 0 unspecified atom stereocenters. The first-order chi connectivity index (χ1) is 41.0. The number of para-hydroxylation sites is 6. The van der Waals surface area contributed by atoms with Crippen LogP contribution in [-0.4, -0.2) is 23.7 Å². The first-order valence-electron chi connectivity index (χ1n) is 27.0. The Labute approximate surface area is 477 Å². The maximum Gasteiger partial charge on any atom is 0.198 e. The fourth-order valence-electron chi connectivity index (χ4n) is 12.2. The largest absolute Gasteiger partial charge is 0.309 e. The predicted molar refractivity (Wildman–Crippen MR) is 337 cm³/mol. The molecule has 0 fully saturated rings. The highest BCUT2D eigenvalue weighted by molar-refractivity contribution is 6.14. The Morgan fingerprint density at radius 2 is 0.639 bits per heavy atom. The van der Waals surface area contributed by atoms with Crippen molar-refractivity contribution < 1.29 is 0 Å². The number of hydrogen-bond donors (Lipinski definition) is 0. The highest BCUT2D eigenvalue weighted by Gasteiger charge is 2.22. The summed E-state index contributed by atoms with van der Waals surface area (Å²) in [5.41, 5.74) is 17.5. The third kappa shape index (κ3) is 7.74. The molecule has 382 valence electrons. The maximum absolute atomic E-state index is 8.47. The molecule has 0 saturated carbocycles. The van der Waals surface area contributed by atoms with E-state index in [4.69, 9.17) is 36.3 Å². The lowest BCUT2D eigenvalue weighted by Gasteiger charge is -2.14. The molecule has 9 heteroatoms. The highest BCUT2D eigenvalue weighted by atomic mass is 15.0. The van der Waals surface area contributed by atoms with Gasteiger partial charge in [0.1, 0.15) is 5.82 Å². The van der Waals surface area contributed by atoms with Gasteiger partial charge in [0.05, 0.1) is 70.8 Å². The van der Waals surface area contributed by atoms with Crippen LogP contribution in [0.1, 0.15) is 0 Å². The van der Waals surface area contributed by atoms with E-state index in [1.54, 1.807) is 12.1 Å². The third-order valence-electron chi connectivity index (χ3n) is 16.0. The Morgan fingerprint density at radius 1 is 0.265 bits per heavy atom. The summed E-state index contributed by atoms with van der Waals surface area (Å²) in [7, 11) is 0. The predicted octanol–water partition coefficient (Wildman–Crippen LogP) is 20.3. The van der Waals surface area contributed by atoms with E-state index >= 15 is 0 Å². The van der Waals surface area contributed by atoms with Gasteiger partial charge in [0.25, 0.3) is 0 Å². The van der Waals surface area contributed by atoms with Crippen LogP contribution in [0.4, 0.5) is 22.7 Å². The number of hydrogen-bond acceptors (Lipinski definition) is 2. The van der Waals surface area contributed by atoms with Crippen molar-refractivity contribution in [3.63, 3.8) is 0 Å². The molecule has 4 aromatic heterocycles. The van der Waals surface area contributed by atoms with Crippen molar-refractivity contribution in [3.8, 4) is 73.2 Å². The molecule has 0 atom stereocenters. The third-order valence-corrected chi connectivity index (χ3v) is 16.0. The van der Waals surface area contributed by atoms with Crippen molar-refractivity contribution in [3.05, 3.63) is 294 Å². The summed E-state index contributed by atoms with van der Waals surface area (Å²) in [4.78, 5) is 25.4. The summed E-state index contributed by atoms with van der Waals surface area (Å²) in [6.45, 7) is 32.6. The molecular weight excluding hydrogens is 1010 g/mol. The van der Waals surface area contributed by atoms with E-state index in [0.717, 1.165) is 83.2 Å². The van der Waals surface area contributed by atoms with Crippen LogP contribution in [0.25, 0.3) is 158 Å². The van der Waals surface area contributed by atoms with E-state index in [9.17, 15) is 0 Å². The topological polar surface area (TPSA) is 58.0 Å². The average Bonchev–Trinajstić information content (AvgIpc) is 4.37. The molecule has 15 aromatic rings. The molecule has 0 N–H and O–H groups in total. The van der Waals surface area contributed by atoms with E-state index in [0.29, 0.717) is 56.7 Å². The summed E-state index contributed by atoms with van der Waals surface area (Å²) in [5.74, 6) is 0.380. The lowest BCUT2D eigenvalue weighted by atomic mass is 9.95. The molecule has 11 aromatic carbocycles. The van der Waals surface area contributed by atoms with Crippen molar-refractivity contribution >= 4 is 88.2 Å². The van der Waals surface area contributed by atoms with Crippen LogP contribution in [0, 0.1) is 26.3 Å². The van der Waals surface area contributed by atoms with Gasteiger partial charge in [0.15, 0.2) is 22.7 Å². The summed E-state index contributed by atoms with van der Waals surface area (Å²) in [6, 6.07) is 84.2. The van der Waals surface area contributed by atoms with Gasteiger partial charge in [-0.05, 0) is 101 Å². The monoisotopic (exact) mass is 1060 g/mol. The number of benzene rings is 11. The summed E-state index contributed by atoms with van der Waals surface area (Å²) in [6.07, 6.45) is 0. The zero-order valence-corrected chi connectivity index (χ0v) is 44.2. The van der Waals surface area contributed by atoms with Crippen molar-refractivity contribution in [1.29, 1.82) is 0 Å².